The summed E-state index contributed by atoms with van der Waals surface area (Å²) in [5.41, 5.74) is 0.671. The molecule has 1 atom stereocenters. The number of carboxylic acid groups (broad SMARTS) is 1. The summed E-state index contributed by atoms with van der Waals surface area (Å²) >= 11 is 0. The van der Waals surface area contributed by atoms with Crippen molar-refractivity contribution >= 4 is 11.9 Å². The Morgan fingerprint density at radius 2 is 2.24 bits per heavy atom. The minimum absolute atomic E-state index is 0.0880. The summed E-state index contributed by atoms with van der Waals surface area (Å²) in [5, 5.41) is 9.05. The summed E-state index contributed by atoms with van der Waals surface area (Å²) in [5.74, 6) is -2.10. The van der Waals surface area contributed by atoms with Gasteiger partial charge in [0.25, 0.3) is 5.91 Å². The van der Waals surface area contributed by atoms with Crippen molar-refractivity contribution in [2.75, 3.05) is 20.2 Å². The van der Waals surface area contributed by atoms with E-state index in [9.17, 15) is 14.0 Å². The second-order valence-electron chi connectivity index (χ2n) is 5.17. The lowest BCUT2D eigenvalue weighted by molar-refractivity contribution is -0.143. The highest BCUT2D eigenvalue weighted by Crippen LogP contribution is 2.20. The van der Waals surface area contributed by atoms with E-state index < -0.39 is 17.7 Å². The SMILES string of the molecule is COCc1cc(C(=O)N2CCCC(C(=O)O)C2)ccc1F. The maximum Gasteiger partial charge on any atom is 0.308 e. The maximum atomic E-state index is 13.5. The van der Waals surface area contributed by atoms with E-state index in [1.165, 1.54) is 30.2 Å². The summed E-state index contributed by atoms with van der Waals surface area (Å²) in [7, 11) is 1.45. The summed E-state index contributed by atoms with van der Waals surface area (Å²) in [6, 6.07) is 4.12. The highest BCUT2D eigenvalue weighted by molar-refractivity contribution is 5.94. The van der Waals surface area contributed by atoms with Gasteiger partial charge in [-0.05, 0) is 31.0 Å². The number of halogens is 1. The van der Waals surface area contributed by atoms with Gasteiger partial charge in [-0.2, -0.15) is 0 Å². The molecule has 6 heteroatoms. The van der Waals surface area contributed by atoms with Crippen LogP contribution in [-0.2, 0) is 16.1 Å². The van der Waals surface area contributed by atoms with Crippen LogP contribution >= 0.6 is 0 Å². The first-order chi connectivity index (χ1) is 10.0. The Labute approximate surface area is 122 Å². The second kappa shape index (κ2) is 6.67. The normalized spacial score (nSPS) is 18.6. The van der Waals surface area contributed by atoms with Gasteiger partial charge in [-0.1, -0.05) is 0 Å². The van der Waals surface area contributed by atoms with Gasteiger partial charge in [0, 0.05) is 31.3 Å². The first kappa shape index (κ1) is 15.4. The number of carboxylic acids is 1. The van der Waals surface area contributed by atoms with Crippen LogP contribution in [0.1, 0.15) is 28.8 Å². The molecule has 2 rings (SSSR count). The molecular weight excluding hydrogens is 277 g/mol. The first-order valence-corrected chi connectivity index (χ1v) is 6.82. The van der Waals surface area contributed by atoms with Crippen molar-refractivity contribution < 1.29 is 23.8 Å². The zero-order chi connectivity index (χ0) is 15.4. The number of ether oxygens (including phenoxy) is 1. The van der Waals surface area contributed by atoms with Crippen LogP contribution in [0.15, 0.2) is 18.2 Å². The van der Waals surface area contributed by atoms with E-state index in [1.54, 1.807) is 0 Å². The fourth-order valence-electron chi connectivity index (χ4n) is 2.52. The lowest BCUT2D eigenvalue weighted by atomic mass is 9.97. The highest BCUT2D eigenvalue weighted by Gasteiger charge is 2.28. The van der Waals surface area contributed by atoms with E-state index in [1.807, 2.05) is 0 Å². The molecule has 5 nitrogen and oxygen atoms in total. The second-order valence-corrected chi connectivity index (χ2v) is 5.17. The summed E-state index contributed by atoms with van der Waals surface area (Å²) < 4.78 is 18.4. The Kier molecular flexibility index (Phi) is 4.90. The Morgan fingerprint density at radius 3 is 2.90 bits per heavy atom. The molecule has 21 heavy (non-hydrogen) atoms. The number of carbonyl (C=O) groups is 2. The molecule has 1 saturated heterocycles. The Balaban J connectivity index is 2.15. The predicted octanol–water partition coefficient (Wildman–Crippen LogP) is 1.91. The van der Waals surface area contributed by atoms with E-state index in [2.05, 4.69) is 0 Å². The Hall–Kier alpha value is -1.95. The largest absolute Gasteiger partial charge is 0.481 e. The molecule has 1 heterocycles. The molecule has 0 radical (unpaired) electrons. The third-order valence-corrected chi connectivity index (χ3v) is 3.65. The van der Waals surface area contributed by atoms with Crippen LogP contribution < -0.4 is 0 Å². The Morgan fingerprint density at radius 1 is 1.48 bits per heavy atom. The molecule has 0 aromatic heterocycles. The smallest absolute Gasteiger partial charge is 0.308 e. The monoisotopic (exact) mass is 295 g/mol. The van der Waals surface area contributed by atoms with E-state index in [0.717, 1.165) is 0 Å². The molecule has 1 aliphatic heterocycles. The van der Waals surface area contributed by atoms with E-state index in [-0.39, 0.29) is 19.1 Å². The topological polar surface area (TPSA) is 66.8 Å². The molecule has 1 aromatic rings. The van der Waals surface area contributed by atoms with Crippen molar-refractivity contribution in [2.45, 2.75) is 19.4 Å². The molecule has 0 bridgehead atoms. The summed E-state index contributed by atoms with van der Waals surface area (Å²) in [6.45, 7) is 0.815. The third kappa shape index (κ3) is 3.58. The molecule has 0 spiro atoms. The van der Waals surface area contributed by atoms with Crippen molar-refractivity contribution in [3.05, 3.63) is 35.1 Å². The molecule has 114 valence electrons. The van der Waals surface area contributed by atoms with Crippen molar-refractivity contribution in [1.82, 2.24) is 4.90 Å². The van der Waals surface area contributed by atoms with Crippen LogP contribution in [-0.4, -0.2) is 42.1 Å². The zero-order valence-electron chi connectivity index (χ0n) is 11.8. The Bertz CT molecular complexity index is 546. The number of piperidine rings is 1. The lowest BCUT2D eigenvalue weighted by Gasteiger charge is -2.30. The summed E-state index contributed by atoms with van der Waals surface area (Å²) in [6.07, 6.45) is 1.24. The quantitative estimate of drug-likeness (QED) is 0.921. The van der Waals surface area contributed by atoms with E-state index in [0.29, 0.717) is 30.5 Å². The molecular formula is C15H18FNO4. The first-order valence-electron chi connectivity index (χ1n) is 6.82. The number of aliphatic carboxylic acids is 1. The molecule has 0 saturated carbocycles. The third-order valence-electron chi connectivity index (χ3n) is 3.65. The average molecular weight is 295 g/mol. The van der Waals surface area contributed by atoms with Crippen LogP contribution in [0.4, 0.5) is 4.39 Å². The van der Waals surface area contributed by atoms with Gasteiger partial charge in [0.2, 0.25) is 0 Å². The number of amides is 1. The number of carbonyl (C=O) groups excluding carboxylic acids is 1. The molecule has 1 N–H and O–H groups in total. The lowest BCUT2D eigenvalue weighted by Crippen LogP contribution is -2.42. The van der Waals surface area contributed by atoms with Crippen molar-refractivity contribution in [3.63, 3.8) is 0 Å². The van der Waals surface area contributed by atoms with Gasteiger partial charge < -0.3 is 14.7 Å². The molecule has 1 aliphatic rings. The van der Waals surface area contributed by atoms with Gasteiger partial charge in [0.05, 0.1) is 12.5 Å². The molecule has 1 fully saturated rings. The van der Waals surface area contributed by atoms with Gasteiger partial charge in [-0.15, -0.1) is 0 Å². The summed E-state index contributed by atoms with van der Waals surface area (Å²) in [4.78, 5) is 25.0. The number of hydrogen-bond acceptors (Lipinski definition) is 3. The maximum absolute atomic E-state index is 13.5. The molecule has 1 amide bonds. The minimum atomic E-state index is -0.883. The number of hydrogen-bond donors (Lipinski definition) is 1. The van der Waals surface area contributed by atoms with Gasteiger partial charge in [-0.25, -0.2) is 4.39 Å². The van der Waals surface area contributed by atoms with Crippen LogP contribution in [0.25, 0.3) is 0 Å². The number of rotatable bonds is 4. The molecule has 0 aliphatic carbocycles. The van der Waals surface area contributed by atoms with Gasteiger partial charge in [-0.3, -0.25) is 9.59 Å². The predicted molar refractivity (Wildman–Crippen MR) is 73.4 cm³/mol. The van der Waals surface area contributed by atoms with Crippen molar-refractivity contribution in [1.29, 1.82) is 0 Å². The van der Waals surface area contributed by atoms with E-state index >= 15 is 0 Å². The molecule has 1 aromatic carbocycles. The fraction of sp³-hybridized carbons (Fsp3) is 0.467. The van der Waals surface area contributed by atoms with E-state index in [4.69, 9.17) is 9.84 Å². The van der Waals surface area contributed by atoms with Crippen LogP contribution in [0.5, 0.6) is 0 Å². The van der Waals surface area contributed by atoms with Crippen LogP contribution in [0.2, 0.25) is 0 Å². The number of benzene rings is 1. The van der Waals surface area contributed by atoms with Crippen LogP contribution in [0, 0.1) is 11.7 Å². The van der Waals surface area contributed by atoms with Crippen molar-refractivity contribution in [3.8, 4) is 0 Å². The number of methoxy groups -OCH3 is 1. The van der Waals surface area contributed by atoms with Gasteiger partial charge >= 0.3 is 5.97 Å². The standard InChI is InChI=1S/C15H18FNO4/c1-21-9-12-7-10(4-5-13(12)16)14(18)17-6-2-3-11(8-17)15(19)20/h4-5,7,11H,2-3,6,8-9H2,1H3,(H,19,20). The van der Waals surface area contributed by atoms with Crippen molar-refractivity contribution in [2.24, 2.45) is 5.92 Å². The highest BCUT2D eigenvalue weighted by atomic mass is 19.1. The number of nitrogens with zero attached hydrogens (tertiary/aromatic N) is 1. The minimum Gasteiger partial charge on any atom is -0.481 e. The van der Waals surface area contributed by atoms with Gasteiger partial charge in [0.1, 0.15) is 5.82 Å². The average Bonchev–Trinajstić information content (AvgIpc) is 2.49. The number of likely N-dealkylation sites (tertiary alicyclic amines) is 1. The zero-order valence-corrected chi connectivity index (χ0v) is 11.8. The van der Waals surface area contributed by atoms with Gasteiger partial charge in [0.15, 0.2) is 0 Å². The molecule has 1 unspecified atom stereocenters. The fourth-order valence-corrected chi connectivity index (χ4v) is 2.52. The van der Waals surface area contributed by atoms with Crippen LogP contribution in [0.3, 0.4) is 0 Å².